The highest BCUT2D eigenvalue weighted by Crippen LogP contribution is 2.40. The fourth-order valence-corrected chi connectivity index (χ4v) is 10.2. The molecule has 1 aromatic heterocycles. The van der Waals surface area contributed by atoms with Gasteiger partial charge in [0.15, 0.2) is 0 Å². The summed E-state index contributed by atoms with van der Waals surface area (Å²) in [5.41, 5.74) is 1.82. The predicted octanol–water partition coefficient (Wildman–Crippen LogP) is 6.19. The SMILES string of the molecule is C.CC[C@@H]1/C=C(\C)C[C@H](C)C[C@H](OC)[C@H]2O[C@@](O)(C(=O)C(=O)N3CCCC[C@H]3C(=O)O[C@H](/C(C)=C/[C@@H]3CC[C@@H](O)[C@H](OC)C3)[C@H](C)C(n3ccnc3)CC1=O)[C@H](C)C[C@@H]2OC. The highest BCUT2D eigenvalue weighted by molar-refractivity contribution is 6.39. The minimum Gasteiger partial charge on any atom is -0.456 e. The van der Waals surface area contributed by atoms with Crippen LogP contribution in [0.25, 0.3) is 0 Å². The Kier molecular flexibility index (Phi) is 18.5. The van der Waals surface area contributed by atoms with Crippen LogP contribution >= 0.6 is 0 Å². The maximum Gasteiger partial charge on any atom is 0.329 e. The summed E-state index contributed by atoms with van der Waals surface area (Å²) in [5.74, 6) is -6.79. The number of aromatic nitrogens is 2. The Morgan fingerprint density at radius 1 is 0.967 bits per heavy atom. The monoisotopic (exact) mass is 858 g/mol. The Hall–Kier alpha value is -3.27. The van der Waals surface area contributed by atoms with E-state index in [9.17, 15) is 29.4 Å². The highest BCUT2D eigenvalue weighted by Gasteiger charge is 2.56. The van der Waals surface area contributed by atoms with Gasteiger partial charge in [-0.15, -0.1) is 0 Å². The normalized spacial score (nSPS) is 38.9. The molecular weight excluding hydrogens is 783 g/mol. The van der Waals surface area contributed by atoms with E-state index in [4.69, 9.17) is 23.7 Å². The first-order chi connectivity index (χ1) is 28.6. The number of aliphatic hydroxyl groups excluding tert-OH is 1. The summed E-state index contributed by atoms with van der Waals surface area (Å²) in [5, 5.41) is 22.7. The average Bonchev–Trinajstić information content (AvgIpc) is 3.78. The number of rotatable bonds is 7. The first-order valence-corrected chi connectivity index (χ1v) is 22.1. The molecule has 1 aliphatic carbocycles. The van der Waals surface area contributed by atoms with Gasteiger partial charge in [-0.25, -0.2) is 9.78 Å². The molecule has 2 bridgehead atoms. The standard InChI is InChI=1S/C46H71N3O11.CH4/c1-10-33-20-27(2)19-28(3)21-39(57-8)42-40(58-9)23-30(5)46(55,60-42)43(52)44(53)49-17-12-11-13-34(49)45(54)59-41(29(4)22-32-14-15-36(50)38(24-32)56-7)31(6)35(25-37(33)51)48-18-16-47-26-48;/h16,18,20,22,26,28,30-36,38-42,50,55H,10-15,17,19,21,23-25H2,1-9H3;1H4/b27-20+,29-22+;/t28-,30+,31+,32-,33+,34-,35?,36+,38+,39-,40-,41+,42+,46+;/m0./s1. The molecule has 3 fully saturated rings. The number of ketones is 2. The number of Topliss-reactive ketones (excluding diaryl/α,β-unsaturated/α-hetero) is 2. The molecule has 2 N–H and O–H groups in total. The fourth-order valence-electron chi connectivity index (χ4n) is 10.2. The Labute approximate surface area is 363 Å². The minimum absolute atomic E-state index is 0. The van der Waals surface area contributed by atoms with Gasteiger partial charge in [0, 0.05) is 70.5 Å². The van der Waals surface area contributed by atoms with E-state index in [2.05, 4.69) is 24.1 Å². The number of nitrogens with zero attached hydrogens (tertiary/aromatic N) is 3. The van der Waals surface area contributed by atoms with Crippen molar-refractivity contribution in [2.24, 2.45) is 29.6 Å². The molecule has 2 saturated heterocycles. The molecule has 0 spiro atoms. The number of amides is 1. The number of methoxy groups -OCH3 is 3. The summed E-state index contributed by atoms with van der Waals surface area (Å²) in [6.07, 6.45) is 11.0. The van der Waals surface area contributed by atoms with E-state index < -0.39 is 77.9 Å². The topological polar surface area (TPSA) is 176 Å². The molecule has 1 unspecified atom stereocenters. The molecule has 1 saturated carbocycles. The number of aliphatic hydroxyl groups is 2. The third kappa shape index (κ3) is 11.7. The zero-order valence-corrected chi connectivity index (χ0v) is 37.3. The minimum atomic E-state index is -2.49. The van der Waals surface area contributed by atoms with Gasteiger partial charge in [0.2, 0.25) is 5.79 Å². The second kappa shape index (κ2) is 22.4. The predicted molar refractivity (Wildman–Crippen MR) is 230 cm³/mol. The Bertz CT molecular complexity index is 1680. The van der Waals surface area contributed by atoms with Crippen LogP contribution in [-0.2, 0) is 42.9 Å². The van der Waals surface area contributed by atoms with E-state index in [0.717, 1.165) is 11.1 Å². The smallest absolute Gasteiger partial charge is 0.329 e. The van der Waals surface area contributed by atoms with Gasteiger partial charge in [-0.3, -0.25) is 14.4 Å². The maximum atomic E-state index is 14.6. The van der Waals surface area contributed by atoms with Crippen LogP contribution in [0.5, 0.6) is 0 Å². The number of hydrogen-bond donors (Lipinski definition) is 2. The van der Waals surface area contributed by atoms with Gasteiger partial charge in [0.25, 0.3) is 11.7 Å². The summed E-state index contributed by atoms with van der Waals surface area (Å²) in [7, 11) is 4.69. The fraction of sp³-hybridized carbons (Fsp3) is 0.766. The van der Waals surface area contributed by atoms with Crippen LogP contribution in [0.2, 0.25) is 0 Å². The molecule has 1 aromatic rings. The molecule has 14 nitrogen and oxygen atoms in total. The number of esters is 1. The van der Waals surface area contributed by atoms with Gasteiger partial charge in [-0.1, -0.05) is 52.8 Å². The molecule has 0 radical (unpaired) electrons. The third-order valence-corrected chi connectivity index (χ3v) is 13.8. The maximum absolute atomic E-state index is 14.6. The average molecular weight is 858 g/mol. The highest BCUT2D eigenvalue weighted by atomic mass is 16.7. The van der Waals surface area contributed by atoms with E-state index in [1.54, 1.807) is 40.8 Å². The lowest BCUT2D eigenvalue weighted by atomic mass is 9.81. The molecule has 4 aliphatic rings. The van der Waals surface area contributed by atoms with E-state index in [1.165, 1.54) is 4.90 Å². The first-order valence-electron chi connectivity index (χ1n) is 22.1. The first kappa shape index (κ1) is 50.4. The number of fused-ring (bicyclic) bond motifs is 3. The molecule has 344 valence electrons. The molecular formula is C47H75N3O11. The van der Waals surface area contributed by atoms with Crippen LogP contribution in [0.3, 0.4) is 0 Å². The molecule has 5 rings (SSSR count). The van der Waals surface area contributed by atoms with Crippen molar-refractivity contribution < 1.29 is 53.1 Å². The van der Waals surface area contributed by atoms with Gasteiger partial charge in [-0.2, -0.15) is 0 Å². The molecule has 14 heteroatoms. The summed E-state index contributed by atoms with van der Waals surface area (Å²) in [6, 6.07) is -1.55. The lowest BCUT2D eigenvalue weighted by molar-refractivity contribution is -0.302. The van der Waals surface area contributed by atoms with Crippen LogP contribution in [0.15, 0.2) is 42.0 Å². The molecule has 61 heavy (non-hydrogen) atoms. The van der Waals surface area contributed by atoms with Crippen LogP contribution in [0, 0.1) is 29.6 Å². The van der Waals surface area contributed by atoms with E-state index >= 15 is 0 Å². The quantitative estimate of drug-likeness (QED) is 0.181. The van der Waals surface area contributed by atoms with E-state index in [1.807, 2.05) is 38.5 Å². The molecule has 0 aromatic carbocycles. The van der Waals surface area contributed by atoms with Crippen molar-refractivity contribution in [2.75, 3.05) is 27.9 Å². The number of hydrogen-bond acceptors (Lipinski definition) is 12. The zero-order chi connectivity index (χ0) is 43.9. The summed E-state index contributed by atoms with van der Waals surface area (Å²) in [4.78, 5) is 63.3. The second-order valence-corrected chi connectivity index (χ2v) is 18.2. The lowest BCUT2D eigenvalue weighted by Crippen LogP contribution is -2.64. The Morgan fingerprint density at radius 3 is 2.30 bits per heavy atom. The number of imidazole rings is 1. The number of carbonyl (C=O) groups is 4. The number of carbonyl (C=O) groups excluding carboxylic acids is 4. The van der Waals surface area contributed by atoms with Crippen molar-refractivity contribution in [1.29, 1.82) is 0 Å². The van der Waals surface area contributed by atoms with Crippen molar-refractivity contribution in [2.45, 2.75) is 174 Å². The van der Waals surface area contributed by atoms with Gasteiger partial charge in [-0.05, 0) is 95.5 Å². The van der Waals surface area contributed by atoms with E-state index in [-0.39, 0.29) is 62.9 Å². The van der Waals surface area contributed by atoms with Gasteiger partial charge in [0.05, 0.1) is 30.7 Å². The second-order valence-electron chi connectivity index (χ2n) is 18.2. The summed E-state index contributed by atoms with van der Waals surface area (Å²) in [6.45, 7) is 11.8. The Morgan fingerprint density at radius 2 is 1.66 bits per heavy atom. The number of piperidine rings is 1. The van der Waals surface area contributed by atoms with Crippen molar-refractivity contribution in [3.63, 3.8) is 0 Å². The van der Waals surface area contributed by atoms with Crippen LogP contribution in [0.1, 0.15) is 126 Å². The number of ether oxygens (including phenoxy) is 5. The molecule has 14 atom stereocenters. The molecule has 1 amide bonds. The molecule has 3 aliphatic heterocycles. The zero-order valence-electron chi connectivity index (χ0n) is 37.3. The largest absolute Gasteiger partial charge is 0.456 e. The number of cyclic esters (lactones) is 1. The lowest BCUT2D eigenvalue weighted by Gasteiger charge is -2.47. The van der Waals surface area contributed by atoms with E-state index in [0.29, 0.717) is 51.4 Å². The third-order valence-electron chi connectivity index (χ3n) is 13.8. The molecule has 4 heterocycles. The number of allylic oxidation sites excluding steroid dienone is 3. The van der Waals surface area contributed by atoms with Crippen molar-refractivity contribution in [3.05, 3.63) is 42.0 Å². The van der Waals surface area contributed by atoms with Gasteiger partial charge < -0.3 is 43.4 Å². The van der Waals surface area contributed by atoms with Crippen molar-refractivity contribution in [3.8, 4) is 0 Å². The Balaban J connectivity index is 0.00000819. The summed E-state index contributed by atoms with van der Waals surface area (Å²) >= 11 is 0. The van der Waals surface area contributed by atoms with Crippen molar-refractivity contribution in [1.82, 2.24) is 14.5 Å². The van der Waals surface area contributed by atoms with Crippen LogP contribution < -0.4 is 0 Å². The van der Waals surface area contributed by atoms with Crippen LogP contribution in [-0.4, -0.2) is 124 Å². The van der Waals surface area contributed by atoms with Crippen molar-refractivity contribution >= 4 is 23.4 Å². The summed E-state index contributed by atoms with van der Waals surface area (Å²) < 4.78 is 32.2. The van der Waals surface area contributed by atoms with Gasteiger partial charge >= 0.3 is 5.97 Å². The van der Waals surface area contributed by atoms with Crippen LogP contribution in [0.4, 0.5) is 0 Å². The van der Waals surface area contributed by atoms with Gasteiger partial charge in [0.1, 0.15) is 24.0 Å².